The van der Waals surface area contributed by atoms with E-state index in [1.165, 1.54) is 180 Å². The second-order valence-corrected chi connectivity index (χ2v) is 19.0. The van der Waals surface area contributed by atoms with Crippen LogP contribution in [0.4, 0.5) is 0 Å². The molecule has 1 amide bonds. The molecule has 0 saturated carbocycles. The Hall–Kier alpha value is -2.43. The number of aliphatic hydroxyl groups is 2. The van der Waals surface area contributed by atoms with Crippen LogP contribution in [0.1, 0.15) is 277 Å². The number of amides is 1. The van der Waals surface area contributed by atoms with Crippen molar-refractivity contribution < 1.29 is 15.0 Å². The molecule has 0 aliphatic rings. The van der Waals surface area contributed by atoms with E-state index in [-0.39, 0.29) is 12.5 Å². The van der Waals surface area contributed by atoms with Crippen LogP contribution in [0, 0.1) is 0 Å². The Balaban J connectivity index is 3.55. The lowest BCUT2D eigenvalue weighted by Crippen LogP contribution is -2.45. The van der Waals surface area contributed by atoms with Gasteiger partial charge in [-0.2, -0.15) is 0 Å². The number of hydrogen-bond acceptors (Lipinski definition) is 3. The first-order chi connectivity index (χ1) is 32.2. The first kappa shape index (κ1) is 62.6. The predicted octanol–water partition coefficient (Wildman–Crippen LogP) is 18.8. The zero-order chi connectivity index (χ0) is 47.0. The number of nitrogens with one attached hydrogen (secondary N) is 1. The molecule has 4 heteroatoms. The summed E-state index contributed by atoms with van der Waals surface area (Å²) in [5.74, 6) is -0.0887. The fraction of sp³-hybridized carbons (Fsp3) is 0.754. The molecule has 376 valence electrons. The number of aliphatic hydroxyl groups excluding tert-OH is 2. The molecule has 4 nitrogen and oxygen atoms in total. The van der Waals surface area contributed by atoms with Crippen LogP contribution in [-0.4, -0.2) is 34.9 Å². The maximum atomic E-state index is 12.5. The molecule has 0 aromatic rings. The van der Waals surface area contributed by atoms with E-state index in [1.807, 2.05) is 0 Å². The fourth-order valence-electron chi connectivity index (χ4n) is 8.41. The molecule has 0 fully saturated rings. The second kappa shape index (κ2) is 55.9. The minimum Gasteiger partial charge on any atom is -0.394 e. The third kappa shape index (κ3) is 52.4. The van der Waals surface area contributed by atoms with Gasteiger partial charge in [0.1, 0.15) is 0 Å². The zero-order valence-corrected chi connectivity index (χ0v) is 43.2. The molecule has 0 aliphatic heterocycles. The van der Waals surface area contributed by atoms with Crippen LogP contribution >= 0.6 is 0 Å². The molecule has 0 aromatic carbocycles. The Kier molecular flexibility index (Phi) is 53.8. The Labute approximate surface area is 405 Å². The topological polar surface area (TPSA) is 69.6 Å². The molecule has 0 radical (unpaired) electrons. The number of unbranched alkanes of at least 4 members (excludes halogenated alkanes) is 30. The van der Waals surface area contributed by atoms with Gasteiger partial charge >= 0.3 is 0 Å². The normalized spacial score (nSPS) is 13.5. The molecule has 0 aromatic heterocycles. The maximum absolute atomic E-state index is 12.5. The minimum atomic E-state index is -0.691. The van der Waals surface area contributed by atoms with E-state index < -0.39 is 12.1 Å². The van der Waals surface area contributed by atoms with Crippen LogP contribution < -0.4 is 5.32 Å². The molecule has 0 heterocycles. The highest BCUT2D eigenvalue weighted by Gasteiger charge is 2.19. The summed E-state index contributed by atoms with van der Waals surface area (Å²) in [5, 5.41) is 23.3. The summed E-state index contributed by atoms with van der Waals surface area (Å²) in [6.45, 7) is 4.24. The van der Waals surface area contributed by atoms with Gasteiger partial charge in [0, 0.05) is 6.42 Å². The maximum Gasteiger partial charge on any atom is 0.220 e. The Morgan fingerprint density at radius 1 is 0.385 bits per heavy atom. The van der Waals surface area contributed by atoms with E-state index in [0.717, 1.165) is 70.6 Å². The lowest BCUT2D eigenvalue weighted by molar-refractivity contribution is -0.123. The van der Waals surface area contributed by atoms with Gasteiger partial charge in [-0.3, -0.25) is 4.79 Å². The highest BCUT2D eigenvalue weighted by Crippen LogP contribution is 2.17. The summed E-state index contributed by atoms with van der Waals surface area (Å²) in [6, 6.07) is -0.574. The molecule has 0 spiro atoms. The van der Waals surface area contributed by atoms with Crippen LogP contribution in [-0.2, 0) is 4.79 Å². The third-order valence-electron chi connectivity index (χ3n) is 12.7. The molecule has 0 bridgehead atoms. The van der Waals surface area contributed by atoms with E-state index in [2.05, 4.69) is 104 Å². The van der Waals surface area contributed by atoms with E-state index in [9.17, 15) is 15.0 Å². The van der Waals surface area contributed by atoms with Gasteiger partial charge in [0.05, 0.1) is 18.8 Å². The van der Waals surface area contributed by atoms with Crippen molar-refractivity contribution in [3.63, 3.8) is 0 Å². The van der Waals surface area contributed by atoms with E-state index in [4.69, 9.17) is 0 Å². The SMILES string of the molecule is CC/C=C\C/C=C\C/C=C\C/C=C\C/C=C\C/C=C\C/C=C\CCCC(=O)NC(CO)C(O)CCCCCCCCCCCCCCCCCCCCCCCCCCCCCCCC. The number of carbonyl (C=O) groups excluding carboxylic acids is 1. The first-order valence-corrected chi connectivity index (χ1v) is 28.3. The smallest absolute Gasteiger partial charge is 0.220 e. The van der Waals surface area contributed by atoms with E-state index in [1.54, 1.807) is 0 Å². The fourth-order valence-corrected chi connectivity index (χ4v) is 8.41. The Bertz CT molecular complexity index is 1160. The van der Waals surface area contributed by atoms with Crippen molar-refractivity contribution in [2.75, 3.05) is 6.61 Å². The quantitative estimate of drug-likeness (QED) is 0.0421. The van der Waals surface area contributed by atoms with Crippen molar-refractivity contribution >= 4 is 5.91 Å². The Morgan fingerprint density at radius 2 is 0.662 bits per heavy atom. The predicted molar refractivity (Wildman–Crippen MR) is 290 cm³/mol. The number of hydrogen-bond donors (Lipinski definition) is 3. The highest BCUT2D eigenvalue weighted by molar-refractivity contribution is 5.76. The average Bonchev–Trinajstić information content (AvgIpc) is 3.31. The summed E-state index contributed by atoms with van der Waals surface area (Å²) in [7, 11) is 0. The summed E-state index contributed by atoms with van der Waals surface area (Å²) < 4.78 is 0. The zero-order valence-electron chi connectivity index (χ0n) is 43.2. The minimum absolute atomic E-state index is 0.0887. The average molecular weight is 905 g/mol. The largest absolute Gasteiger partial charge is 0.394 e. The van der Waals surface area contributed by atoms with Gasteiger partial charge in [0.25, 0.3) is 0 Å². The molecular formula is C61H109NO3. The van der Waals surface area contributed by atoms with Gasteiger partial charge in [-0.15, -0.1) is 0 Å². The number of allylic oxidation sites excluding steroid dienone is 14. The van der Waals surface area contributed by atoms with Crippen molar-refractivity contribution in [1.29, 1.82) is 0 Å². The molecule has 0 rings (SSSR count). The van der Waals surface area contributed by atoms with Crippen molar-refractivity contribution in [2.45, 2.75) is 289 Å². The second-order valence-electron chi connectivity index (χ2n) is 19.0. The summed E-state index contributed by atoms with van der Waals surface area (Å²) in [4.78, 5) is 12.5. The van der Waals surface area contributed by atoms with Crippen LogP contribution in [0.25, 0.3) is 0 Å². The first-order valence-electron chi connectivity index (χ1n) is 28.3. The van der Waals surface area contributed by atoms with Crippen LogP contribution in [0.15, 0.2) is 85.1 Å². The van der Waals surface area contributed by atoms with Crippen molar-refractivity contribution in [2.24, 2.45) is 0 Å². The van der Waals surface area contributed by atoms with E-state index in [0.29, 0.717) is 12.8 Å². The van der Waals surface area contributed by atoms with Gasteiger partial charge in [-0.25, -0.2) is 0 Å². The molecule has 0 aliphatic carbocycles. The monoisotopic (exact) mass is 904 g/mol. The molecule has 2 atom stereocenters. The number of carbonyl (C=O) groups is 1. The van der Waals surface area contributed by atoms with Gasteiger partial charge in [0.2, 0.25) is 5.91 Å². The van der Waals surface area contributed by atoms with Crippen molar-refractivity contribution in [3.8, 4) is 0 Å². The van der Waals surface area contributed by atoms with Crippen molar-refractivity contribution in [3.05, 3.63) is 85.1 Å². The summed E-state index contributed by atoms with van der Waals surface area (Å²) in [6.07, 6.45) is 81.5. The summed E-state index contributed by atoms with van der Waals surface area (Å²) in [5.41, 5.74) is 0. The lowest BCUT2D eigenvalue weighted by atomic mass is 10.0. The lowest BCUT2D eigenvalue weighted by Gasteiger charge is -2.22. The van der Waals surface area contributed by atoms with Gasteiger partial charge in [0.15, 0.2) is 0 Å². The number of rotatable bonds is 51. The van der Waals surface area contributed by atoms with Gasteiger partial charge in [-0.1, -0.05) is 292 Å². The molecule has 2 unspecified atom stereocenters. The van der Waals surface area contributed by atoms with Crippen LogP contribution in [0.3, 0.4) is 0 Å². The molecule has 3 N–H and O–H groups in total. The van der Waals surface area contributed by atoms with Crippen molar-refractivity contribution in [1.82, 2.24) is 5.32 Å². The molecule has 65 heavy (non-hydrogen) atoms. The highest BCUT2D eigenvalue weighted by atomic mass is 16.3. The molecular weight excluding hydrogens is 795 g/mol. The third-order valence-corrected chi connectivity index (χ3v) is 12.7. The standard InChI is InChI=1S/C61H109NO3/c1-3-5-7-9-11-13-15-17-19-21-23-25-27-28-29-30-31-32-33-35-36-38-40-42-44-46-48-50-52-54-56-60(64)59(58-63)62-61(65)57-55-53-51-49-47-45-43-41-39-37-34-26-24-22-20-18-16-14-12-10-8-6-4-2/h6,8,12,14,18,20,24,26,37,39,43,45,49,51,59-60,63-64H,3-5,7,9-11,13,15-17,19,21-23,25,27-36,38,40-42,44,46-48,50,52-58H2,1-2H3,(H,62,65)/b8-6-,14-12-,20-18-,26-24-,39-37-,45-43-,51-49-. The van der Waals surface area contributed by atoms with Crippen LogP contribution in [0.5, 0.6) is 0 Å². The Morgan fingerprint density at radius 3 is 0.954 bits per heavy atom. The van der Waals surface area contributed by atoms with Gasteiger partial charge in [-0.05, 0) is 64.2 Å². The summed E-state index contributed by atoms with van der Waals surface area (Å²) >= 11 is 0. The van der Waals surface area contributed by atoms with Gasteiger partial charge < -0.3 is 15.5 Å². The van der Waals surface area contributed by atoms with E-state index >= 15 is 0 Å². The van der Waals surface area contributed by atoms with Crippen LogP contribution in [0.2, 0.25) is 0 Å². The molecule has 0 saturated heterocycles.